The predicted octanol–water partition coefficient (Wildman–Crippen LogP) is 3.10. The molecule has 0 radical (unpaired) electrons. The number of pyridine rings is 1. The molecular weight excluding hydrogens is 246 g/mol. The van der Waals surface area contributed by atoms with Gasteiger partial charge >= 0.3 is 0 Å². The van der Waals surface area contributed by atoms with Crippen molar-refractivity contribution in [1.29, 1.82) is 5.26 Å². The number of hydrogen-bond donors (Lipinski definition) is 0. The van der Waals surface area contributed by atoms with E-state index in [1.165, 1.54) is 11.1 Å². The SMILES string of the molecule is CCN1CCc2nc3c(C)c(C)ccc3c(C#N)c2C1. The molecule has 3 rings (SSSR count). The van der Waals surface area contributed by atoms with Gasteiger partial charge in [-0.25, -0.2) is 0 Å². The Kier molecular flexibility index (Phi) is 3.19. The molecule has 0 unspecified atom stereocenters. The fraction of sp³-hybridized carbons (Fsp3) is 0.412. The van der Waals surface area contributed by atoms with Gasteiger partial charge in [-0.3, -0.25) is 9.88 Å². The molecular formula is C17H19N3. The molecule has 0 aliphatic carbocycles. The lowest BCUT2D eigenvalue weighted by Crippen LogP contribution is -2.31. The summed E-state index contributed by atoms with van der Waals surface area (Å²) < 4.78 is 0. The largest absolute Gasteiger partial charge is 0.299 e. The Labute approximate surface area is 119 Å². The number of rotatable bonds is 1. The van der Waals surface area contributed by atoms with Crippen molar-refractivity contribution in [3.63, 3.8) is 0 Å². The second-order valence-corrected chi connectivity index (χ2v) is 5.55. The van der Waals surface area contributed by atoms with Crippen molar-refractivity contribution in [2.75, 3.05) is 13.1 Å². The van der Waals surface area contributed by atoms with Crippen molar-refractivity contribution >= 4 is 10.9 Å². The molecule has 2 aromatic rings. The molecule has 0 amide bonds. The normalized spacial score (nSPS) is 15.1. The summed E-state index contributed by atoms with van der Waals surface area (Å²) in [6.07, 6.45) is 0.946. The average molecular weight is 265 g/mol. The van der Waals surface area contributed by atoms with Crippen LogP contribution < -0.4 is 0 Å². The zero-order chi connectivity index (χ0) is 14.3. The molecule has 3 nitrogen and oxygen atoms in total. The molecule has 3 heteroatoms. The summed E-state index contributed by atoms with van der Waals surface area (Å²) in [5.74, 6) is 0. The van der Waals surface area contributed by atoms with Gasteiger partial charge in [0.15, 0.2) is 0 Å². The summed E-state index contributed by atoms with van der Waals surface area (Å²) in [5.41, 5.74) is 6.51. The maximum Gasteiger partial charge on any atom is 0.100 e. The molecule has 20 heavy (non-hydrogen) atoms. The number of nitriles is 1. The van der Waals surface area contributed by atoms with Gasteiger partial charge in [0, 0.05) is 36.2 Å². The van der Waals surface area contributed by atoms with Crippen LogP contribution in [0.5, 0.6) is 0 Å². The Bertz CT molecular complexity index is 725. The van der Waals surface area contributed by atoms with E-state index in [1.54, 1.807) is 0 Å². The van der Waals surface area contributed by atoms with Crippen LogP contribution in [0, 0.1) is 25.2 Å². The van der Waals surface area contributed by atoms with Crippen LogP contribution in [0.1, 0.15) is 34.9 Å². The van der Waals surface area contributed by atoms with E-state index in [1.807, 2.05) is 6.07 Å². The molecule has 2 heterocycles. The highest BCUT2D eigenvalue weighted by molar-refractivity contribution is 5.89. The van der Waals surface area contributed by atoms with Crippen molar-refractivity contribution in [3.8, 4) is 6.07 Å². The molecule has 1 aromatic carbocycles. The minimum absolute atomic E-state index is 0.825. The first-order valence-corrected chi connectivity index (χ1v) is 7.19. The fourth-order valence-corrected chi connectivity index (χ4v) is 3.00. The molecule has 0 N–H and O–H groups in total. The first-order valence-electron chi connectivity index (χ1n) is 7.19. The van der Waals surface area contributed by atoms with Crippen LogP contribution in [0.15, 0.2) is 12.1 Å². The number of aryl methyl sites for hydroxylation is 2. The highest BCUT2D eigenvalue weighted by Gasteiger charge is 2.22. The second kappa shape index (κ2) is 4.88. The molecule has 0 saturated heterocycles. The first-order chi connectivity index (χ1) is 9.65. The summed E-state index contributed by atoms with van der Waals surface area (Å²) in [6, 6.07) is 6.56. The third kappa shape index (κ3) is 1.88. The minimum Gasteiger partial charge on any atom is -0.299 e. The van der Waals surface area contributed by atoms with Crippen molar-refractivity contribution in [1.82, 2.24) is 9.88 Å². The van der Waals surface area contributed by atoms with E-state index in [0.717, 1.165) is 53.8 Å². The van der Waals surface area contributed by atoms with Crippen molar-refractivity contribution in [3.05, 3.63) is 40.1 Å². The van der Waals surface area contributed by atoms with Gasteiger partial charge in [0.1, 0.15) is 6.07 Å². The molecule has 0 bridgehead atoms. The molecule has 0 atom stereocenters. The Morgan fingerprint density at radius 3 is 2.85 bits per heavy atom. The van der Waals surface area contributed by atoms with Crippen LogP contribution in [0.4, 0.5) is 0 Å². The topological polar surface area (TPSA) is 39.9 Å². The monoisotopic (exact) mass is 265 g/mol. The number of likely N-dealkylation sites (N-methyl/N-ethyl adjacent to an activating group) is 1. The van der Waals surface area contributed by atoms with Crippen molar-refractivity contribution < 1.29 is 0 Å². The number of hydrogen-bond acceptors (Lipinski definition) is 3. The molecule has 0 fully saturated rings. The highest BCUT2D eigenvalue weighted by Crippen LogP contribution is 2.30. The van der Waals surface area contributed by atoms with Crippen molar-refractivity contribution in [2.24, 2.45) is 0 Å². The smallest absolute Gasteiger partial charge is 0.100 e. The van der Waals surface area contributed by atoms with Gasteiger partial charge in [0.2, 0.25) is 0 Å². The average Bonchev–Trinajstić information content (AvgIpc) is 2.48. The third-order valence-corrected chi connectivity index (χ3v) is 4.47. The Morgan fingerprint density at radius 1 is 1.35 bits per heavy atom. The number of fused-ring (bicyclic) bond motifs is 2. The van der Waals surface area contributed by atoms with E-state index < -0.39 is 0 Å². The van der Waals surface area contributed by atoms with Crippen LogP contribution >= 0.6 is 0 Å². The fourth-order valence-electron chi connectivity index (χ4n) is 3.00. The van der Waals surface area contributed by atoms with Gasteiger partial charge in [-0.15, -0.1) is 0 Å². The number of nitrogens with zero attached hydrogens (tertiary/aromatic N) is 3. The quantitative estimate of drug-likeness (QED) is 0.795. The minimum atomic E-state index is 0.825. The molecule has 0 saturated carbocycles. The summed E-state index contributed by atoms with van der Waals surface area (Å²) >= 11 is 0. The Morgan fingerprint density at radius 2 is 2.15 bits per heavy atom. The van der Waals surface area contributed by atoms with Gasteiger partial charge in [0.25, 0.3) is 0 Å². The molecule has 1 aliphatic heterocycles. The number of benzene rings is 1. The summed E-state index contributed by atoms with van der Waals surface area (Å²) in [7, 11) is 0. The lowest BCUT2D eigenvalue weighted by molar-refractivity contribution is 0.266. The van der Waals surface area contributed by atoms with Crippen LogP contribution in [-0.4, -0.2) is 23.0 Å². The predicted molar refractivity (Wildman–Crippen MR) is 80.6 cm³/mol. The maximum absolute atomic E-state index is 9.61. The Balaban J connectivity index is 2.31. The van der Waals surface area contributed by atoms with Gasteiger partial charge in [-0.1, -0.05) is 19.1 Å². The Hall–Kier alpha value is -1.92. The molecule has 102 valence electrons. The second-order valence-electron chi connectivity index (χ2n) is 5.55. The van der Waals surface area contributed by atoms with Gasteiger partial charge < -0.3 is 0 Å². The van der Waals surface area contributed by atoms with Crippen LogP contribution in [-0.2, 0) is 13.0 Å². The van der Waals surface area contributed by atoms with E-state index in [-0.39, 0.29) is 0 Å². The summed E-state index contributed by atoms with van der Waals surface area (Å²) in [6.45, 7) is 9.27. The van der Waals surface area contributed by atoms with Crippen LogP contribution in [0.3, 0.4) is 0 Å². The lowest BCUT2D eigenvalue weighted by atomic mass is 9.94. The maximum atomic E-state index is 9.61. The molecule has 1 aliphatic rings. The zero-order valence-corrected chi connectivity index (χ0v) is 12.3. The summed E-state index contributed by atoms with van der Waals surface area (Å²) in [5, 5.41) is 10.6. The van der Waals surface area contributed by atoms with Crippen LogP contribution in [0.2, 0.25) is 0 Å². The van der Waals surface area contributed by atoms with E-state index in [2.05, 4.69) is 37.8 Å². The molecule has 0 spiro atoms. The van der Waals surface area contributed by atoms with E-state index in [0.29, 0.717) is 0 Å². The number of aromatic nitrogens is 1. The van der Waals surface area contributed by atoms with Gasteiger partial charge in [-0.2, -0.15) is 5.26 Å². The standard InChI is InChI=1S/C17H19N3/c1-4-20-8-7-16-15(10-20)14(9-18)13-6-5-11(2)12(3)17(13)19-16/h5-6H,4,7-8,10H2,1-3H3. The van der Waals surface area contributed by atoms with E-state index in [9.17, 15) is 5.26 Å². The lowest BCUT2D eigenvalue weighted by Gasteiger charge is -2.28. The highest BCUT2D eigenvalue weighted by atomic mass is 15.1. The van der Waals surface area contributed by atoms with Gasteiger partial charge in [0.05, 0.1) is 11.1 Å². The first kappa shape index (κ1) is 13.1. The van der Waals surface area contributed by atoms with Gasteiger partial charge in [-0.05, 0) is 31.5 Å². The summed E-state index contributed by atoms with van der Waals surface area (Å²) in [4.78, 5) is 7.25. The zero-order valence-electron chi connectivity index (χ0n) is 12.3. The van der Waals surface area contributed by atoms with E-state index in [4.69, 9.17) is 4.98 Å². The third-order valence-electron chi connectivity index (χ3n) is 4.47. The molecule has 1 aromatic heterocycles. The van der Waals surface area contributed by atoms with Crippen molar-refractivity contribution in [2.45, 2.75) is 33.7 Å². The van der Waals surface area contributed by atoms with E-state index >= 15 is 0 Å². The van der Waals surface area contributed by atoms with Crippen LogP contribution in [0.25, 0.3) is 10.9 Å².